The number of anilines is 2. The summed E-state index contributed by atoms with van der Waals surface area (Å²) < 4.78 is 31.0. The summed E-state index contributed by atoms with van der Waals surface area (Å²) >= 11 is 6.68. The molecule has 13 heteroatoms. The number of amides is 2. The molecule has 47 heavy (non-hydrogen) atoms. The van der Waals surface area contributed by atoms with E-state index in [9.17, 15) is 23.9 Å². The monoisotopic (exact) mass is 671 g/mol. The van der Waals surface area contributed by atoms with Crippen molar-refractivity contribution < 1.29 is 67.6 Å². The van der Waals surface area contributed by atoms with E-state index in [4.69, 9.17) is 25.8 Å². The number of benzene rings is 3. The zero-order chi connectivity index (χ0) is 32.7. The van der Waals surface area contributed by atoms with E-state index in [0.717, 1.165) is 19.3 Å². The van der Waals surface area contributed by atoms with Crippen molar-refractivity contribution in [1.29, 1.82) is 0 Å². The number of carbonyl (C=O) groups is 3. The zero-order valence-electron chi connectivity index (χ0n) is 26.1. The average Bonchev–Trinajstić information content (AvgIpc) is 3.86. The van der Waals surface area contributed by atoms with Crippen LogP contribution in [0.5, 0.6) is 23.0 Å². The van der Waals surface area contributed by atoms with Gasteiger partial charge in [0, 0.05) is 29.3 Å². The Hall–Kier alpha value is -3.90. The first-order valence-electron chi connectivity index (χ1n) is 14.8. The maximum absolute atomic E-state index is 13.3. The summed E-state index contributed by atoms with van der Waals surface area (Å²) in [6.45, 7) is 0.423. The molecule has 0 bridgehead atoms. The van der Waals surface area contributed by atoms with Gasteiger partial charge in [0.15, 0.2) is 11.5 Å². The van der Waals surface area contributed by atoms with Crippen LogP contribution in [0.3, 0.4) is 0 Å². The third kappa shape index (κ3) is 8.92. The largest absolute Gasteiger partial charge is 1.00 e. The molecule has 1 aromatic heterocycles. The number of pyridine rings is 1. The number of ether oxygens (including phenoxy) is 3. The van der Waals surface area contributed by atoms with Crippen LogP contribution < -0.4 is 59.5 Å². The Morgan fingerprint density at radius 1 is 0.915 bits per heavy atom. The van der Waals surface area contributed by atoms with Gasteiger partial charge in [-0.05, 0) is 80.6 Å². The molecule has 240 valence electrons. The van der Waals surface area contributed by atoms with E-state index >= 15 is 0 Å². The number of hydrogen-bond donors (Lipinski definition) is 2. The van der Waals surface area contributed by atoms with Crippen LogP contribution in [-0.4, -0.2) is 36.5 Å². The van der Waals surface area contributed by atoms with Crippen LogP contribution in [0.1, 0.15) is 44.9 Å². The number of unbranched alkanes of at least 4 members (excludes halogenated alkanes) is 3. The van der Waals surface area contributed by atoms with Crippen LogP contribution in [0.15, 0.2) is 66.9 Å². The number of carboxylic acids is 1. The number of aromatic nitrogens is 1. The summed E-state index contributed by atoms with van der Waals surface area (Å²) in [6, 6.07) is 15.4. The number of rotatable bonds is 15. The second kappa shape index (κ2) is 16.3. The topological polar surface area (TPSA) is 139 Å². The molecule has 2 N–H and O–H groups in total. The average molecular weight is 672 g/mol. The van der Waals surface area contributed by atoms with Gasteiger partial charge in [0.1, 0.15) is 27.8 Å². The number of aliphatic carboxylic acids is 1. The van der Waals surface area contributed by atoms with Gasteiger partial charge in [0.2, 0.25) is 11.8 Å². The van der Waals surface area contributed by atoms with Gasteiger partial charge < -0.3 is 34.7 Å². The van der Waals surface area contributed by atoms with Gasteiger partial charge in [0.25, 0.3) is 0 Å². The first-order chi connectivity index (χ1) is 22.2. The number of methoxy groups -OCH3 is 1. The van der Waals surface area contributed by atoms with Crippen molar-refractivity contribution in [2.75, 3.05) is 24.4 Å². The number of fused-ring (bicyclic) bond motifs is 1. The summed E-state index contributed by atoms with van der Waals surface area (Å²) in [6.07, 6.45) is 5.28. The number of nitrogens with one attached hydrogen (secondary N) is 2. The zero-order valence-corrected chi connectivity index (χ0v) is 28.8. The van der Waals surface area contributed by atoms with Crippen LogP contribution >= 0.6 is 11.6 Å². The second-order valence-electron chi connectivity index (χ2n) is 10.9. The van der Waals surface area contributed by atoms with Crippen LogP contribution in [0.4, 0.5) is 15.8 Å². The Kier molecular flexibility index (Phi) is 12.4. The van der Waals surface area contributed by atoms with Gasteiger partial charge >= 0.3 is 29.6 Å². The van der Waals surface area contributed by atoms with Crippen molar-refractivity contribution in [3.8, 4) is 23.0 Å². The van der Waals surface area contributed by atoms with Crippen LogP contribution in [0, 0.1) is 11.2 Å². The molecule has 1 fully saturated rings. The Labute approximate surface area is 298 Å². The molecular weight excluding hydrogens is 640 g/mol. The predicted molar refractivity (Wildman–Crippen MR) is 169 cm³/mol. The molecule has 4 aromatic rings. The summed E-state index contributed by atoms with van der Waals surface area (Å²) in [5, 5.41) is 16.8. The number of carboxylic acid groups (broad SMARTS) is 1. The molecule has 0 saturated heterocycles. The molecule has 5 rings (SSSR count). The first-order valence-corrected chi connectivity index (χ1v) is 15.2. The summed E-state index contributed by atoms with van der Waals surface area (Å²) in [4.78, 5) is 41.2. The van der Waals surface area contributed by atoms with E-state index in [1.165, 1.54) is 31.4 Å². The molecule has 0 radical (unpaired) electrons. The molecule has 10 nitrogen and oxygen atoms in total. The molecule has 2 amide bonds. The number of carbonyl (C=O) groups excluding carboxylic acids is 3. The normalized spacial score (nSPS) is 12.8. The van der Waals surface area contributed by atoms with E-state index in [0.29, 0.717) is 59.7 Å². The van der Waals surface area contributed by atoms with Crippen LogP contribution in [-0.2, 0) is 14.4 Å². The van der Waals surface area contributed by atoms with Crippen molar-refractivity contribution in [2.45, 2.75) is 44.9 Å². The van der Waals surface area contributed by atoms with Crippen molar-refractivity contribution in [3.63, 3.8) is 0 Å². The van der Waals surface area contributed by atoms with Gasteiger partial charge in [-0.3, -0.25) is 14.6 Å². The van der Waals surface area contributed by atoms with Gasteiger partial charge in [-0.1, -0.05) is 30.5 Å². The second-order valence-corrected chi connectivity index (χ2v) is 11.3. The Morgan fingerprint density at radius 2 is 1.64 bits per heavy atom. The standard InChI is InChI=1S/C34H33ClFN3O7.Na/c1-44-28-19-23-25(20-29(28)45-18-5-3-2-4-9-30(40)41)37-17-14-26(23)46-27-8-6-7-24(31(27)35)39-33(43)34(15-16-34)32(42)38-22-12-10-21(36)11-13-22;/h6-8,10-14,17,19-20H,2-5,9,15-16,18H2,1H3,(H,38,42)(H,39,43)(H,40,41);/q;+1/p-1. The maximum atomic E-state index is 13.3. The molecule has 0 spiro atoms. The summed E-state index contributed by atoms with van der Waals surface area (Å²) in [7, 11) is 1.53. The summed E-state index contributed by atoms with van der Waals surface area (Å²) in [5.74, 6) is -0.763. The number of halogens is 2. The molecule has 1 aliphatic carbocycles. The predicted octanol–water partition coefficient (Wildman–Crippen LogP) is 3.27. The fourth-order valence-electron chi connectivity index (χ4n) is 4.91. The fourth-order valence-corrected chi connectivity index (χ4v) is 5.12. The third-order valence-corrected chi connectivity index (χ3v) is 8.06. The molecule has 1 saturated carbocycles. The molecule has 1 aliphatic rings. The molecule has 1 heterocycles. The molecule has 0 atom stereocenters. The van der Waals surface area contributed by atoms with Crippen molar-refractivity contribution >= 4 is 51.7 Å². The minimum absolute atomic E-state index is 0. The Balaban J connectivity index is 0.00000500. The Bertz CT molecular complexity index is 1750. The minimum atomic E-state index is -1.26. The van der Waals surface area contributed by atoms with Gasteiger partial charge in [-0.2, -0.15) is 0 Å². The van der Waals surface area contributed by atoms with E-state index in [1.54, 1.807) is 42.6 Å². The van der Waals surface area contributed by atoms with Gasteiger partial charge in [-0.25, -0.2) is 4.39 Å². The van der Waals surface area contributed by atoms with Crippen molar-refractivity contribution in [1.82, 2.24) is 4.98 Å². The molecule has 3 aromatic carbocycles. The maximum Gasteiger partial charge on any atom is 1.00 e. The Morgan fingerprint density at radius 3 is 2.34 bits per heavy atom. The van der Waals surface area contributed by atoms with Gasteiger partial charge in [-0.15, -0.1) is 0 Å². The molecule has 0 unspecified atom stereocenters. The fraction of sp³-hybridized carbons (Fsp3) is 0.294. The van der Waals surface area contributed by atoms with Crippen molar-refractivity contribution in [2.24, 2.45) is 5.41 Å². The molecular formula is C34H32ClFN3NaO7. The summed E-state index contributed by atoms with van der Waals surface area (Å²) in [5.41, 5.74) is -0.00609. The number of nitrogens with zero attached hydrogens (tertiary/aromatic N) is 1. The van der Waals surface area contributed by atoms with E-state index in [2.05, 4.69) is 15.6 Å². The van der Waals surface area contributed by atoms with Crippen LogP contribution in [0.25, 0.3) is 10.9 Å². The number of hydrogen-bond acceptors (Lipinski definition) is 8. The smallest absolute Gasteiger partial charge is 0.550 e. The SMILES string of the molecule is COc1cc2c(Oc3cccc(NC(=O)C4(C(=O)Nc5ccc(F)cc5)CC4)c3Cl)ccnc2cc1OCCCCCCC(=O)[O-].[Na+]. The van der Waals surface area contributed by atoms with E-state index in [-0.39, 0.29) is 52.4 Å². The third-order valence-electron chi connectivity index (χ3n) is 7.67. The quantitative estimate of drug-likeness (QED) is 0.112. The first kappa shape index (κ1) is 35.9. The molecule has 0 aliphatic heterocycles. The van der Waals surface area contributed by atoms with Gasteiger partial charge in [0.05, 0.1) is 24.9 Å². The van der Waals surface area contributed by atoms with E-state index in [1.807, 2.05) is 0 Å². The van der Waals surface area contributed by atoms with Crippen LogP contribution in [0.2, 0.25) is 5.02 Å². The van der Waals surface area contributed by atoms with E-state index < -0.39 is 29.0 Å². The minimum Gasteiger partial charge on any atom is -0.550 e. The van der Waals surface area contributed by atoms with Crippen molar-refractivity contribution in [3.05, 3.63) is 77.7 Å².